The van der Waals surface area contributed by atoms with Crippen molar-refractivity contribution in [3.8, 4) is 5.75 Å². The van der Waals surface area contributed by atoms with Gasteiger partial charge >= 0.3 is 0 Å². The zero-order chi connectivity index (χ0) is 14.1. The first kappa shape index (κ1) is 16.0. The average molecular weight is 332 g/mol. The Labute approximate surface area is 121 Å². The van der Waals surface area contributed by atoms with Crippen LogP contribution >= 0.6 is 15.9 Å². The van der Waals surface area contributed by atoms with Crippen molar-refractivity contribution in [2.45, 2.75) is 19.3 Å². The van der Waals surface area contributed by atoms with Crippen LogP contribution in [0.5, 0.6) is 5.75 Å². The van der Waals surface area contributed by atoms with Crippen molar-refractivity contribution in [1.29, 1.82) is 0 Å². The van der Waals surface area contributed by atoms with Crippen LogP contribution in [0.1, 0.15) is 19.3 Å². The first-order chi connectivity index (χ1) is 9.13. The van der Waals surface area contributed by atoms with Gasteiger partial charge in [0.25, 0.3) is 0 Å². The molecule has 0 aliphatic carbocycles. The number of carbonyl (C=O) groups is 1. The fraction of sp³-hybridized carbons (Fsp3) is 0.500. The molecular weight excluding hydrogens is 313 g/mol. The number of likely N-dealkylation sites (N-methyl/N-ethyl adjacent to an activating group) is 1. The number of carbonyl (C=O) groups excluding carboxylic acids is 1. The Bertz CT molecular complexity index is 384. The number of nitrogens with zero attached hydrogens (tertiary/aromatic N) is 1. The Balaban J connectivity index is 2.20. The van der Waals surface area contributed by atoms with Crippen LogP contribution in [-0.4, -0.2) is 36.3 Å². The molecule has 0 saturated carbocycles. The van der Waals surface area contributed by atoms with Crippen molar-refractivity contribution >= 4 is 21.8 Å². The molecule has 106 valence electrons. The van der Waals surface area contributed by atoms with Crippen LogP contribution in [0.25, 0.3) is 0 Å². The maximum Gasteiger partial charge on any atom is 0.222 e. The van der Waals surface area contributed by atoms with E-state index in [2.05, 4.69) is 15.9 Å². The molecule has 0 heterocycles. The maximum atomic E-state index is 12.7. The molecule has 3 nitrogen and oxygen atoms in total. The lowest BCUT2D eigenvalue weighted by molar-refractivity contribution is -0.130. The lowest BCUT2D eigenvalue weighted by Crippen LogP contribution is -2.30. The van der Waals surface area contributed by atoms with Gasteiger partial charge in [0.1, 0.15) is 18.2 Å². The molecule has 19 heavy (non-hydrogen) atoms. The monoisotopic (exact) mass is 331 g/mol. The van der Waals surface area contributed by atoms with Crippen LogP contribution in [0.2, 0.25) is 0 Å². The molecule has 1 rings (SSSR count). The number of alkyl halides is 1. The van der Waals surface area contributed by atoms with Crippen LogP contribution in [-0.2, 0) is 4.79 Å². The smallest absolute Gasteiger partial charge is 0.222 e. The molecule has 0 bridgehead atoms. The molecule has 0 unspecified atom stereocenters. The molecule has 5 heteroatoms. The Morgan fingerprint density at radius 2 is 2.00 bits per heavy atom. The van der Waals surface area contributed by atoms with Crippen molar-refractivity contribution in [2.75, 3.05) is 25.5 Å². The summed E-state index contributed by atoms with van der Waals surface area (Å²) in [5.41, 5.74) is 0. The van der Waals surface area contributed by atoms with Gasteiger partial charge in [0.05, 0.1) is 6.54 Å². The molecule has 0 atom stereocenters. The Kier molecular flexibility index (Phi) is 7.48. The number of hydrogen-bond donors (Lipinski definition) is 0. The number of halogens is 2. The van der Waals surface area contributed by atoms with E-state index in [1.807, 2.05) is 0 Å². The summed E-state index contributed by atoms with van der Waals surface area (Å²) in [6.07, 6.45) is 2.47. The normalized spacial score (nSPS) is 10.3. The minimum absolute atomic E-state index is 0.128. The number of unbranched alkanes of at least 4 members (excludes halogenated alkanes) is 1. The predicted octanol–water partition coefficient (Wildman–Crippen LogP) is 3.23. The molecule has 0 saturated heterocycles. The number of hydrogen-bond acceptors (Lipinski definition) is 2. The largest absolute Gasteiger partial charge is 0.492 e. The molecule has 0 fully saturated rings. The van der Waals surface area contributed by atoms with E-state index in [-0.39, 0.29) is 11.7 Å². The lowest BCUT2D eigenvalue weighted by Gasteiger charge is -2.17. The standard InChI is InChI=1S/C14H19BrFNO2/c1-17(14(18)4-2-3-9-15)10-11-19-13-7-5-12(16)6-8-13/h5-8H,2-4,9-11H2,1H3. The molecule has 0 spiro atoms. The van der Waals surface area contributed by atoms with Gasteiger partial charge in [0.2, 0.25) is 5.91 Å². The number of rotatable bonds is 8. The molecule has 0 aliphatic heterocycles. The Morgan fingerprint density at radius 3 is 2.63 bits per heavy atom. The SMILES string of the molecule is CN(CCOc1ccc(F)cc1)C(=O)CCCCBr. The summed E-state index contributed by atoms with van der Waals surface area (Å²) < 4.78 is 18.1. The van der Waals surface area contributed by atoms with Crippen molar-refractivity contribution in [2.24, 2.45) is 0 Å². The lowest BCUT2D eigenvalue weighted by atomic mass is 10.2. The number of ether oxygens (including phenoxy) is 1. The maximum absolute atomic E-state index is 12.7. The van der Waals surface area contributed by atoms with Crippen molar-refractivity contribution in [3.63, 3.8) is 0 Å². The van der Waals surface area contributed by atoms with Gasteiger partial charge in [-0.25, -0.2) is 4.39 Å². The second-order valence-electron chi connectivity index (χ2n) is 4.26. The van der Waals surface area contributed by atoms with Gasteiger partial charge in [0.15, 0.2) is 0 Å². The predicted molar refractivity (Wildman–Crippen MR) is 77.2 cm³/mol. The third-order valence-corrected chi connectivity index (χ3v) is 3.27. The zero-order valence-electron chi connectivity index (χ0n) is 11.1. The molecule has 0 aromatic heterocycles. The van der Waals surface area contributed by atoms with Crippen molar-refractivity contribution in [3.05, 3.63) is 30.1 Å². The van der Waals surface area contributed by atoms with E-state index in [4.69, 9.17) is 4.74 Å². The minimum Gasteiger partial charge on any atom is -0.492 e. The summed E-state index contributed by atoms with van der Waals surface area (Å²) in [5.74, 6) is 0.455. The highest BCUT2D eigenvalue weighted by atomic mass is 79.9. The van der Waals surface area contributed by atoms with E-state index < -0.39 is 0 Å². The van der Waals surface area contributed by atoms with Gasteiger partial charge in [-0.1, -0.05) is 15.9 Å². The first-order valence-electron chi connectivity index (χ1n) is 6.32. The summed E-state index contributed by atoms with van der Waals surface area (Å²) in [7, 11) is 1.77. The summed E-state index contributed by atoms with van der Waals surface area (Å²) in [5, 5.41) is 0.928. The third-order valence-electron chi connectivity index (χ3n) is 2.71. The average Bonchev–Trinajstić information content (AvgIpc) is 2.41. The molecule has 0 radical (unpaired) electrons. The Hall–Kier alpha value is -1.10. The summed E-state index contributed by atoms with van der Waals surface area (Å²) in [6, 6.07) is 5.86. The van der Waals surface area contributed by atoms with Crippen LogP contribution < -0.4 is 4.74 Å². The van der Waals surface area contributed by atoms with Crippen molar-refractivity contribution in [1.82, 2.24) is 4.90 Å². The van der Waals surface area contributed by atoms with Gasteiger partial charge in [-0.05, 0) is 37.1 Å². The molecular formula is C14H19BrFNO2. The summed E-state index contributed by atoms with van der Waals surface area (Å²) in [6.45, 7) is 0.941. The highest BCUT2D eigenvalue weighted by Gasteiger charge is 2.07. The first-order valence-corrected chi connectivity index (χ1v) is 7.44. The summed E-state index contributed by atoms with van der Waals surface area (Å²) in [4.78, 5) is 13.4. The highest BCUT2D eigenvalue weighted by molar-refractivity contribution is 9.09. The zero-order valence-corrected chi connectivity index (χ0v) is 12.7. The second-order valence-corrected chi connectivity index (χ2v) is 5.06. The van der Waals surface area contributed by atoms with Gasteiger partial charge in [-0.2, -0.15) is 0 Å². The molecule has 0 N–H and O–H groups in total. The molecule has 1 aromatic carbocycles. The Morgan fingerprint density at radius 1 is 1.32 bits per heavy atom. The molecule has 1 aromatic rings. The van der Waals surface area contributed by atoms with E-state index in [9.17, 15) is 9.18 Å². The topological polar surface area (TPSA) is 29.5 Å². The van der Waals surface area contributed by atoms with Crippen molar-refractivity contribution < 1.29 is 13.9 Å². The van der Waals surface area contributed by atoms with Gasteiger partial charge in [-0.15, -0.1) is 0 Å². The van der Waals surface area contributed by atoms with Crippen LogP contribution in [0, 0.1) is 5.82 Å². The van der Waals surface area contributed by atoms with E-state index in [1.54, 1.807) is 24.1 Å². The molecule has 0 aliphatic rings. The number of benzene rings is 1. The number of amides is 1. The molecule has 1 amide bonds. The quantitative estimate of drug-likeness (QED) is 0.540. The van der Waals surface area contributed by atoms with E-state index in [1.165, 1.54) is 12.1 Å². The van der Waals surface area contributed by atoms with Gasteiger partial charge < -0.3 is 9.64 Å². The van der Waals surface area contributed by atoms with Crippen LogP contribution in [0.4, 0.5) is 4.39 Å². The fourth-order valence-corrected chi connectivity index (χ4v) is 1.91. The summed E-state index contributed by atoms with van der Waals surface area (Å²) >= 11 is 3.34. The van der Waals surface area contributed by atoms with E-state index >= 15 is 0 Å². The van der Waals surface area contributed by atoms with Crippen LogP contribution in [0.15, 0.2) is 24.3 Å². The van der Waals surface area contributed by atoms with Gasteiger partial charge in [-0.3, -0.25) is 4.79 Å². The van der Waals surface area contributed by atoms with E-state index in [0.717, 1.165) is 18.2 Å². The fourth-order valence-electron chi connectivity index (χ4n) is 1.52. The van der Waals surface area contributed by atoms with Crippen LogP contribution in [0.3, 0.4) is 0 Å². The van der Waals surface area contributed by atoms with Gasteiger partial charge in [0, 0.05) is 18.8 Å². The second kappa shape index (κ2) is 8.91. The third kappa shape index (κ3) is 6.57. The van der Waals surface area contributed by atoms with E-state index in [0.29, 0.717) is 25.3 Å². The highest BCUT2D eigenvalue weighted by Crippen LogP contribution is 2.10. The minimum atomic E-state index is -0.286.